The molecule has 0 aromatic carbocycles. The van der Waals surface area contributed by atoms with Crippen LogP contribution < -0.4 is 0 Å². The van der Waals surface area contributed by atoms with Gasteiger partial charge in [0.1, 0.15) is 0 Å². The molecule has 0 rings (SSSR count). The monoisotopic (exact) mass is 250 g/mol. The van der Waals surface area contributed by atoms with Crippen molar-refractivity contribution >= 4 is 24.1 Å². The van der Waals surface area contributed by atoms with E-state index in [9.17, 15) is 24.3 Å². The number of methoxy groups -OCH3 is 1. The fraction of sp³-hybridized carbons (Fsp3) is 0.500. The number of carbonyl (C=O) groups excluding carboxylic acids is 2. The average molecular weight is 250 g/mol. The number of carboxylic acids is 1. The van der Waals surface area contributed by atoms with Crippen LogP contribution in [0.1, 0.15) is 12.8 Å². The van der Waals surface area contributed by atoms with Crippen molar-refractivity contribution in [2.24, 2.45) is 0 Å². The highest BCUT2D eigenvalue weighted by atomic mass is 16.7. The van der Waals surface area contributed by atoms with Crippen LogP contribution in [0.25, 0.3) is 0 Å². The number of aliphatic hydroxyl groups is 1. The van der Waals surface area contributed by atoms with Gasteiger partial charge in [-0.15, -0.1) is 0 Å². The molecule has 0 amide bonds. The molecular weight excluding hydrogens is 240 g/mol. The predicted octanol–water partition coefficient (Wildman–Crippen LogP) is -1.02. The Bertz CT molecular complexity index is 347. The summed E-state index contributed by atoms with van der Waals surface area (Å²) in [7, 11) is 0.873. The van der Waals surface area contributed by atoms with Gasteiger partial charge >= 0.3 is 24.1 Å². The Labute approximate surface area is 94.5 Å². The molecule has 17 heavy (non-hydrogen) atoms. The van der Waals surface area contributed by atoms with Crippen LogP contribution in [-0.4, -0.2) is 52.1 Å². The molecule has 0 saturated carbocycles. The van der Waals surface area contributed by atoms with E-state index < -0.39 is 42.5 Å². The molecule has 9 nitrogen and oxygen atoms in total. The van der Waals surface area contributed by atoms with Crippen molar-refractivity contribution in [2.75, 3.05) is 7.11 Å². The SMILES string of the molecule is COC(=O)C(O)(CC(=O)O)CC(=O)OC(=O)O. The van der Waals surface area contributed by atoms with E-state index in [1.54, 1.807) is 0 Å². The molecule has 9 heteroatoms. The average Bonchev–Trinajstić information content (AvgIpc) is 2.13. The maximum absolute atomic E-state index is 11.1. The molecule has 0 aromatic heterocycles. The molecule has 0 aliphatic carbocycles. The summed E-state index contributed by atoms with van der Waals surface area (Å²) in [5, 5.41) is 26.1. The van der Waals surface area contributed by atoms with Crippen molar-refractivity contribution < 1.29 is 44.0 Å². The van der Waals surface area contributed by atoms with Crippen LogP contribution in [-0.2, 0) is 23.9 Å². The predicted molar refractivity (Wildman–Crippen MR) is 48.0 cm³/mol. The molecule has 1 unspecified atom stereocenters. The van der Waals surface area contributed by atoms with Gasteiger partial charge in [-0.1, -0.05) is 0 Å². The number of rotatable bonds is 5. The smallest absolute Gasteiger partial charge is 0.481 e. The third kappa shape index (κ3) is 4.93. The summed E-state index contributed by atoms with van der Waals surface area (Å²) in [4.78, 5) is 42.4. The minimum Gasteiger partial charge on any atom is -0.481 e. The Morgan fingerprint density at radius 3 is 2.00 bits per heavy atom. The fourth-order valence-corrected chi connectivity index (χ4v) is 1.02. The van der Waals surface area contributed by atoms with Crippen LogP contribution in [0.15, 0.2) is 0 Å². The molecule has 0 saturated heterocycles. The van der Waals surface area contributed by atoms with Crippen molar-refractivity contribution in [3.63, 3.8) is 0 Å². The molecular formula is C8H10O9. The highest BCUT2D eigenvalue weighted by molar-refractivity contribution is 5.91. The summed E-state index contributed by atoms with van der Waals surface area (Å²) in [6.45, 7) is 0. The summed E-state index contributed by atoms with van der Waals surface area (Å²) >= 11 is 0. The minimum absolute atomic E-state index is 0.873. The van der Waals surface area contributed by atoms with Gasteiger partial charge in [0.15, 0.2) is 5.60 Å². The van der Waals surface area contributed by atoms with Crippen LogP contribution in [0.5, 0.6) is 0 Å². The Hall–Kier alpha value is -2.16. The van der Waals surface area contributed by atoms with Gasteiger partial charge in [0, 0.05) is 0 Å². The Kier molecular flexibility index (Phi) is 5.06. The summed E-state index contributed by atoms with van der Waals surface area (Å²) in [5.41, 5.74) is -2.66. The molecule has 3 N–H and O–H groups in total. The molecule has 1 atom stereocenters. The largest absolute Gasteiger partial charge is 0.513 e. The molecule has 0 heterocycles. The summed E-state index contributed by atoms with van der Waals surface area (Å²) in [6.07, 6.45) is -4.19. The number of hydrogen-bond acceptors (Lipinski definition) is 7. The Balaban J connectivity index is 4.81. The van der Waals surface area contributed by atoms with Crippen molar-refractivity contribution in [1.82, 2.24) is 0 Å². The van der Waals surface area contributed by atoms with E-state index in [1.807, 2.05) is 0 Å². The van der Waals surface area contributed by atoms with E-state index in [1.165, 1.54) is 0 Å². The maximum atomic E-state index is 11.1. The minimum atomic E-state index is -2.66. The second-order valence-electron chi connectivity index (χ2n) is 3.01. The van der Waals surface area contributed by atoms with Gasteiger partial charge in [0.25, 0.3) is 0 Å². The molecule has 0 aromatic rings. The van der Waals surface area contributed by atoms with Crippen molar-refractivity contribution in [3.8, 4) is 0 Å². The van der Waals surface area contributed by atoms with Crippen LogP contribution in [0, 0.1) is 0 Å². The third-order valence-electron chi connectivity index (χ3n) is 1.65. The zero-order valence-electron chi connectivity index (χ0n) is 8.71. The quantitative estimate of drug-likeness (QED) is 0.411. The van der Waals surface area contributed by atoms with Gasteiger partial charge in [-0.25, -0.2) is 9.59 Å². The van der Waals surface area contributed by atoms with Gasteiger partial charge in [-0.3, -0.25) is 9.59 Å². The number of ether oxygens (including phenoxy) is 2. The lowest BCUT2D eigenvalue weighted by atomic mass is 9.96. The lowest BCUT2D eigenvalue weighted by Gasteiger charge is -2.21. The van der Waals surface area contributed by atoms with Crippen LogP contribution >= 0.6 is 0 Å². The second kappa shape index (κ2) is 5.80. The fourth-order valence-electron chi connectivity index (χ4n) is 1.02. The Morgan fingerprint density at radius 2 is 1.65 bits per heavy atom. The number of hydrogen-bond donors (Lipinski definition) is 3. The second-order valence-corrected chi connectivity index (χ2v) is 3.01. The zero-order chi connectivity index (χ0) is 13.6. The van der Waals surface area contributed by atoms with Crippen molar-refractivity contribution in [3.05, 3.63) is 0 Å². The zero-order valence-corrected chi connectivity index (χ0v) is 8.71. The van der Waals surface area contributed by atoms with E-state index in [2.05, 4.69) is 9.47 Å². The molecule has 0 aliphatic heterocycles. The van der Waals surface area contributed by atoms with E-state index in [-0.39, 0.29) is 0 Å². The van der Waals surface area contributed by atoms with Gasteiger partial charge in [0.05, 0.1) is 20.0 Å². The first-order valence-corrected chi connectivity index (χ1v) is 4.17. The summed E-state index contributed by atoms with van der Waals surface area (Å²) in [5.74, 6) is -4.41. The van der Waals surface area contributed by atoms with Crippen LogP contribution in [0.3, 0.4) is 0 Å². The highest BCUT2D eigenvalue weighted by Gasteiger charge is 2.42. The van der Waals surface area contributed by atoms with E-state index >= 15 is 0 Å². The van der Waals surface area contributed by atoms with Gasteiger partial charge in [-0.2, -0.15) is 0 Å². The molecule has 96 valence electrons. The number of esters is 2. The van der Waals surface area contributed by atoms with E-state index in [0.29, 0.717) is 0 Å². The molecule has 0 fully saturated rings. The van der Waals surface area contributed by atoms with Crippen LogP contribution in [0.2, 0.25) is 0 Å². The lowest BCUT2D eigenvalue weighted by molar-refractivity contribution is -0.173. The molecule has 0 aliphatic rings. The first-order chi connectivity index (χ1) is 7.71. The topological polar surface area (TPSA) is 147 Å². The molecule has 0 spiro atoms. The van der Waals surface area contributed by atoms with Gasteiger partial charge in [-0.05, 0) is 0 Å². The number of aliphatic carboxylic acids is 1. The van der Waals surface area contributed by atoms with E-state index in [4.69, 9.17) is 10.2 Å². The normalized spacial score (nSPS) is 13.3. The third-order valence-corrected chi connectivity index (χ3v) is 1.65. The lowest BCUT2D eigenvalue weighted by Crippen LogP contribution is -2.44. The highest BCUT2D eigenvalue weighted by Crippen LogP contribution is 2.18. The molecule has 0 radical (unpaired) electrons. The van der Waals surface area contributed by atoms with Crippen molar-refractivity contribution in [1.29, 1.82) is 0 Å². The first-order valence-electron chi connectivity index (χ1n) is 4.17. The van der Waals surface area contributed by atoms with Crippen molar-refractivity contribution in [2.45, 2.75) is 18.4 Å². The Morgan fingerprint density at radius 1 is 1.12 bits per heavy atom. The molecule has 0 bridgehead atoms. The van der Waals surface area contributed by atoms with Crippen LogP contribution in [0.4, 0.5) is 4.79 Å². The summed E-state index contributed by atoms with van der Waals surface area (Å²) < 4.78 is 7.75. The van der Waals surface area contributed by atoms with E-state index in [0.717, 1.165) is 7.11 Å². The standard InChI is InChI=1S/C8H10O9/c1-16-6(12)8(15,2-4(9)10)3-5(11)17-7(13)14/h15H,2-3H2,1H3,(H,9,10)(H,13,14). The summed E-state index contributed by atoms with van der Waals surface area (Å²) in [6, 6.07) is 0. The number of carbonyl (C=O) groups is 4. The maximum Gasteiger partial charge on any atom is 0.513 e. The number of carboxylic acid groups (broad SMARTS) is 2. The van der Waals surface area contributed by atoms with Gasteiger partial charge in [0.2, 0.25) is 0 Å². The first kappa shape index (κ1) is 14.8. The van der Waals surface area contributed by atoms with Gasteiger partial charge < -0.3 is 24.8 Å².